The van der Waals surface area contributed by atoms with E-state index in [9.17, 15) is 9.50 Å². The smallest absolute Gasteiger partial charge is 0.148 e. The first-order valence-corrected chi connectivity index (χ1v) is 14.3. The Morgan fingerprint density at radius 1 is 1.17 bits per heavy atom. The van der Waals surface area contributed by atoms with E-state index in [2.05, 4.69) is 36.7 Å². The van der Waals surface area contributed by atoms with Gasteiger partial charge in [0.15, 0.2) is 0 Å². The van der Waals surface area contributed by atoms with E-state index in [0.717, 1.165) is 17.1 Å². The van der Waals surface area contributed by atoms with Crippen LogP contribution >= 0.6 is 11.3 Å². The van der Waals surface area contributed by atoms with Crippen LogP contribution in [0.25, 0.3) is 28.2 Å². The topological polar surface area (TPSA) is 157 Å². The number of nitriles is 1. The molecule has 11 nitrogen and oxygen atoms in total. The first kappa shape index (κ1) is 28.3. The van der Waals surface area contributed by atoms with Crippen LogP contribution in [0.1, 0.15) is 62.4 Å². The Labute approximate surface area is 240 Å². The van der Waals surface area contributed by atoms with Crippen LogP contribution in [-0.4, -0.2) is 56.7 Å². The molecule has 1 saturated carbocycles. The van der Waals surface area contributed by atoms with Gasteiger partial charge in [0.2, 0.25) is 0 Å². The minimum absolute atomic E-state index is 0.131. The quantitative estimate of drug-likeness (QED) is 0.291. The molecular formula is C28H31FN10OS. The Morgan fingerprint density at radius 3 is 2.66 bits per heavy atom. The highest BCUT2D eigenvalue weighted by molar-refractivity contribution is 7.09. The minimum Gasteiger partial charge on any atom is -0.398 e. The Kier molecular flexibility index (Phi) is 8.32. The number of halogens is 1. The molecule has 1 aliphatic carbocycles. The van der Waals surface area contributed by atoms with Crippen molar-refractivity contribution in [3.63, 3.8) is 0 Å². The molecule has 5 aromatic rings. The molecule has 0 unspecified atom stereocenters. The van der Waals surface area contributed by atoms with Crippen molar-refractivity contribution in [2.45, 2.75) is 70.2 Å². The molecule has 0 radical (unpaired) electrons. The molecule has 1 aliphatic rings. The molecule has 6 rings (SSSR count). The average molecular weight is 575 g/mol. The lowest BCUT2D eigenvalue weighted by atomic mass is 9.90. The van der Waals surface area contributed by atoms with Gasteiger partial charge < -0.3 is 10.8 Å². The van der Waals surface area contributed by atoms with E-state index < -0.39 is 11.8 Å². The van der Waals surface area contributed by atoms with Crippen LogP contribution in [0.2, 0.25) is 0 Å². The van der Waals surface area contributed by atoms with Crippen LogP contribution < -0.4 is 5.73 Å². The number of nitrogen functional groups attached to an aromatic ring is 1. The molecule has 41 heavy (non-hydrogen) atoms. The number of nitrogens with two attached hydrogens (primary N) is 1. The van der Waals surface area contributed by atoms with E-state index >= 15 is 0 Å². The number of hydrogen-bond donors (Lipinski definition) is 2. The molecule has 0 aromatic carbocycles. The summed E-state index contributed by atoms with van der Waals surface area (Å²) in [5.41, 5.74) is 10.6. The van der Waals surface area contributed by atoms with E-state index in [-0.39, 0.29) is 6.54 Å². The summed E-state index contributed by atoms with van der Waals surface area (Å²) in [7, 11) is 0. The maximum atomic E-state index is 14.1. The predicted octanol–water partition coefficient (Wildman–Crippen LogP) is 4.80. The van der Waals surface area contributed by atoms with Gasteiger partial charge in [0.1, 0.15) is 28.5 Å². The molecule has 0 aliphatic heterocycles. The third-order valence-corrected chi connectivity index (χ3v) is 7.94. The molecule has 0 amide bonds. The van der Waals surface area contributed by atoms with Crippen molar-refractivity contribution in [3.8, 4) is 28.7 Å². The molecule has 5 heterocycles. The van der Waals surface area contributed by atoms with Crippen LogP contribution in [0.4, 0.5) is 10.1 Å². The second-order valence-electron chi connectivity index (χ2n) is 10.6. The van der Waals surface area contributed by atoms with E-state index in [4.69, 9.17) is 11.0 Å². The highest BCUT2D eigenvalue weighted by atomic mass is 32.1. The lowest BCUT2D eigenvalue weighted by molar-refractivity contribution is -0.0120. The van der Waals surface area contributed by atoms with Gasteiger partial charge in [0.25, 0.3) is 0 Å². The Bertz CT molecular complexity index is 1640. The van der Waals surface area contributed by atoms with Crippen LogP contribution in [0.3, 0.4) is 0 Å². The van der Waals surface area contributed by atoms with Crippen molar-refractivity contribution in [1.82, 2.24) is 39.8 Å². The van der Waals surface area contributed by atoms with Gasteiger partial charge in [0, 0.05) is 23.4 Å². The van der Waals surface area contributed by atoms with Crippen LogP contribution in [0.15, 0.2) is 48.4 Å². The summed E-state index contributed by atoms with van der Waals surface area (Å²) >= 11 is 1.71. The summed E-state index contributed by atoms with van der Waals surface area (Å²) < 4.78 is 17.1. The van der Waals surface area contributed by atoms with Crippen molar-refractivity contribution in [3.05, 3.63) is 58.9 Å². The van der Waals surface area contributed by atoms with Gasteiger partial charge in [0.05, 0.1) is 47.0 Å². The summed E-state index contributed by atoms with van der Waals surface area (Å²) in [6, 6.07) is 9.19. The van der Waals surface area contributed by atoms with Crippen molar-refractivity contribution in [2.24, 2.45) is 0 Å². The minimum atomic E-state index is -1.50. The molecule has 13 heteroatoms. The van der Waals surface area contributed by atoms with Gasteiger partial charge in [-0.05, 0) is 51.0 Å². The van der Waals surface area contributed by atoms with Crippen molar-refractivity contribution in [1.29, 1.82) is 5.26 Å². The molecule has 0 saturated heterocycles. The maximum Gasteiger partial charge on any atom is 0.148 e. The zero-order valence-corrected chi connectivity index (χ0v) is 23.7. The normalized spacial score (nSPS) is 14.8. The first-order valence-electron chi connectivity index (χ1n) is 13.4. The molecule has 5 aromatic heterocycles. The number of rotatable bonds is 6. The fourth-order valence-corrected chi connectivity index (χ4v) is 5.41. The van der Waals surface area contributed by atoms with Crippen LogP contribution in [-0.2, 0) is 6.54 Å². The van der Waals surface area contributed by atoms with Gasteiger partial charge in [-0.15, -0.1) is 26.6 Å². The number of nitrogens with zero attached hydrogens (tertiary/aromatic N) is 9. The van der Waals surface area contributed by atoms with Gasteiger partial charge in [-0.2, -0.15) is 10.4 Å². The van der Waals surface area contributed by atoms with Gasteiger partial charge in [-0.3, -0.25) is 4.98 Å². The first-order chi connectivity index (χ1) is 19.7. The number of aromatic nitrogens is 8. The molecule has 0 spiro atoms. The molecule has 1 atom stereocenters. The van der Waals surface area contributed by atoms with Gasteiger partial charge in [-0.1, -0.05) is 24.5 Å². The molecule has 1 fully saturated rings. The van der Waals surface area contributed by atoms with Crippen LogP contribution in [0.5, 0.6) is 0 Å². The SMILES string of the molecule is CC(C)(O)[C@H](F)Cn1cc(-c2cnc(-c3ccc4cc(C#N)cnn34)cc2N)nn1.c1nnc(C2CCCCC2)s1. The molecular weight excluding hydrogens is 543 g/mol. The Balaban J connectivity index is 0.000000255. The van der Waals surface area contributed by atoms with E-state index in [1.165, 1.54) is 61.8 Å². The standard InChI is InChI=1S/C20H19FN8O.C8H12N2S/c1-20(2,30)19(21)11-28-10-17(26-27-28)14-9-24-16(6-15(14)23)18-4-3-13-5-12(7-22)8-25-29(13)18;1-2-4-7(5-3-1)8-10-9-6-11-8/h3-6,8-10,19,30H,11H2,1-2H3,(H2,23,24);6-7H,1-5H2/t19-;/m1./s1. The lowest BCUT2D eigenvalue weighted by Gasteiger charge is -2.21. The second-order valence-corrected chi connectivity index (χ2v) is 11.5. The predicted molar refractivity (Wildman–Crippen MR) is 153 cm³/mol. The average Bonchev–Trinajstić information content (AvgIpc) is 3.74. The lowest BCUT2D eigenvalue weighted by Crippen LogP contribution is -2.35. The summed E-state index contributed by atoms with van der Waals surface area (Å²) in [6.45, 7) is 2.67. The fourth-order valence-electron chi connectivity index (χ4n) is 4.69. The van der Waals surface area contributed by atoms with E-state index in [0.29, 0.717) is 28.2 Å². The fraction of sp³-hybridized carbons (Fsp3) is 0.393. The third kappa shape index (κ3) is 6.55. The number of fused-ring (bicyclic) bond motifs is 1. The molecule has 3 N–H and O–H groups in total. The monoisotopic (exact) mass is 574 g/mol. The molecule has 212 valence electrons. The summed E-state index contributed by atoms with van der Waals surface area (Å²) in [4.78, 5) is 4.46. The third-order valence-electron chi connectivity index (χ3n) is 7.09. The van der Waals surface area contributed by atoms with Crippen molar-refractivity contribution < 1.29 is 9.50 Å². The zero-order chi connectivity index (χ0) is 29.0. The number of anilines is 1. The molecule has 0 bridgehead atoms. The number of alkyl halides is 1. The van der Waals surface area contributed by atoms with Gasteiger partial charge >= 0.3 is 0 Å². The summed E-state index contributed by atoms with van der Waals surface area (Å²) in [6.07, 6.45) is 9.95. The Morgan fingerprint density at radius 2 is 1.98 bits per heavy atom. The maximum absolute atomic E-state index is 14.1. The number of aliphatic hydroxyl groups is 1. The zero-order valence-electron chi connectivity index (χ0n) is 22.9. The second kappa shape index (κ2) is 12.1. The number of hydrogen-bond acceptors (Lipinski definition) is 10. The summed E-state index contributed by atoms with van der Waals surface area (Å²) in [5.74, 6) is 0.733. The highest BCUT2D eigenvalue weighted by Crippen LogP contribution is 2.33. The van der Waals surface area contributed by atoms with E-state index in [1.807, 2.05) is 17.6 Å². The van der Waals surface area contributed by atoms with Crippen LogP contribution in [0, 0.1) is 11.3 Å². The number of pyridine rings is 1. The summed E-state index contributed by atoms with van der Waals surface area (Å²) in [5, 5.41) is 40.2. The van der Waals surface area contributed by atoms with Crippen molar-refractivity contribution >= 4 is 22.5 Å². The van der Waals surface area contributed by atoms with Gasteiger partial charge in [-0.25, -0.2) is 13.6 Å². The van der Waals surface area contributed by atoms with E-state index in [1.54, 1.807) is 40.4 Å². The Hall–Kier alpha value is -4.28. The highest BCUT2D eigenvalue weighted by Gasteiger charge is 2.27. The largest absolute Gasteiger partial charge is 0.398 e. The van der Waals surface area contributed by atoms with Crippen molar-refractivity contribution in [2.75, 3.05) is 5.73 Å².